The minimum atomic E-state index is -0.153. The van der Waals surface area contributed by atoms with Crippen molar-refractivity contribution >= 4 is 5.78 Å². The smallest absolute Gasteiger partial charge is 0.154 e. The van der Waals surface area contributed by atoms with Gasteiger partial charge in [0, 0.05) is 5.92 Å². The van der Waals surface area contributed by atoms with Crippen LogP contribution in [0.1, 0.15) is 37.3 Å². The van der Waals surface area contributed by atoms with Crippen LogP contribution >= 0.6 is 0 Å². The first kappa shape index (κ1) is 12.4. The second-order valence-electron chi connectivity index (χ2n) is 4.44. The number of hydrogen-bond donors (Lipinski definition) is 0. The zero-order chi connectivity index (χ0) is 12.1. The molecule has 0 aliphatic heterocycles. The third kappa shape index (κ3) is 2.93. The van der Waals surface area contributed by atoms with Gasteiger partial charge in [-0.25, -0.2) is 0 Å². The van der Waals surface area contributed by atoms with Gasteiger partial charge in [0.25, 0.3) is 0 Å². The molecule has 2 heteroatoms. The largest absolute Gasteiger partial charge is 0.298 e. The fourth-order valence-corrected chi connectivity index (χ4v) is 1.99. The molecule has 84 valence electrons. The van der Waals surface area contributed by atoms with Crippen molar-refractivity contribution in [3.05, 3.63) is 35.4 Å². The van der Waals surface area contributed by atoms with Gasteiger partial charge in [-0.05, 0) is 18.4 Å². The van der Waals surface area contributed by atoms with Crippen LogP contribution in [-0.2, 0) is 4.79 Å². The van der Waals surface area contributed by atoms with E-state index in [9.17, 15) is 4.79 Å². The molecule has 1 unspecified atom stereocenters. The van der Waals surface area contributed by atoms with Crippen LogP contribution < -0.4 is 0 Å². The number of carbonyl (C=O) groups is 1. The van der Waals surface area contributed by atoms with Gasteiger partial charge in [-0.3, -0.25) is 4.79 Å². The third-order valence-corrected chi connectivity index (χ3v) is 2.67. The molecular formula is C14H17NO. The Morgan fingerprint density at radius 1 is 1.44 bits per heavy atom. The van der Waals surface area contributed by atoms with Crippen LogP contribution in [0.5, 0.6) is 0 Å². The van der Waals surface area contributed by atoms with Crippen molar-refractivity contribution in [1.82, 2.24) is 0 Å². The molecule has 0 aromatic heterocycles. The van der Waals surface area contributed by atoms with Gasteiger partial charge in [0.2, 0.25) is 0 Å². The van der Waals surface area contributed by atoms with Crippen LogP contribution in [0.15, 0.2) is 24.3 Å². The number of hydrogen-bond acceptors (Lipinski definition) is 2. The molecular weight excluding hydrogens is 198 g/mol. The fourth-order valence-electron chi connectivity index (χ4n) is 1.99. The van der Waals surface area contributed by atoms with Gasteiger partial charge in [-0.1, -0.05) is 43.7 Å². The molecule has 1 aromatic carbocycles. The molecule has 0 amide bonds. The van der Waals surface area contributed by atoms with E-state index >= 15 is 0 Å². The third-order valence-electron chi connectivity index (χ3n) is 2.67. The highest BCUT2D eigenvalue weighted by molar-refractivity contribution is 5.87. The van der Waals surface area contributed by atoms with Gasteiger partial charge >= 0.3 is 0 Å². The molecule has 0 saturated carbocycles. The first-order valence-corrected chi connectivity index (χ1v) is 5.52. The lowest BCUT2D eigenvalue weighted by Gasteiger charge is -2.19. The molecule has 0 N–H and O–H groups in total. The number of Topliss-reactive ketones (excluding diaryl/α,β-unsaturated/α-hetero) is 1. The summed E-state index contributed by atoms with van der Waals surface area (Å²) in [5.74, 6) is 0.0882. The summed E-state index contributed by atoms with van der Waals surface area (Å²) in [5.41, 5.74) is 2.17. The second kappa shape index (κ2) is 5.46. The van der Waals surface area contributed by atoms with Crippen LogP contribution in [-0.4, -0.2) is 5.78 Å². The highest BCUT2D eigenvalue weighted by Crippen LogP contribution is 2.27. The van der Waals surface area contributed by atoms with Gasteiger partial charge in [-0.2, -0.15) is 5.26 Å². The maximum absolute atomic E-state index is 11.9. The first-order chi connectivity index (χ1) is 7.56. The monoisotopic (exact) mass is 215 g/mol. The summed E-state index contributed by atoms with van der Waals surface area (Å²) < 4.78 is 0. The van der Waals surface area contributed by atoms with Crippen molar-refractivity contribution in [3.63, 3.8) is 0 Å². The Hall–Kier alpha value is -1.62. The maximum atomic E-state index is 11.9. The summed E-state index contributed by atoms with van der Waals surface area (Å²) in [4.78, 5) is 11.9. The van der Waals surface area contributed by atoms with Gasteiger partial charge in [0.1, 0.15) is 0 Å². The number of ketones is 1. The molecule has 0 aliphatic carbocycles. The van der Waals surface area contributed by atoms with Crippen molar-refractivity contribution < 1.29 is 4.79 Å². The van der Waals surface area contributed by atoms with E-state index in [0.29, 0.717) is 0 Å². The Morgan fingerprint density at radius 2 is 2.12 bits per heavy atom. The lowest BCUT2D eigenvalue weighted by atomic mass is 9.83. The van der Waals surface area contributed by atoms with E-state index in [1.165, 1.54) is 0 Å². The highest BCUT2D eigenvalue weighted by Gasteiger charge is 2.23. The summed E-state index contributed by atoms with van der Waals surface area (Å²) in [6.07, 6.45) is -0.00319. The van der Waals surface area contributed by atoms with Crippen molar-refractivity contribution in [2.24, 2.45) is 5.92 Å². The van der Waals surface area contributed by atoms with E-state index in [2.05, 4.69) is 0 Å². The fraction of sp³-hybridized carbons (Fsp3) is 0.429. The summed E-state index contributed by atoms with van der Waals surface area (Å²) in [6, 6.07) is 9.90. The average molecular weight is 215 g/mol. The van der Waals surface area contributed by atoms with Crippen LogP contribution in [0.2, 0.25) is 0 Å². The summed E-state index contributed by atoms with van der Waals surface area (Å²) in [7, 11) is 0. The SMILES string of the molecule is Cc1cccc(C(C(=O)CC#N)C(C)C)c1. The quantitative estimate of drug-likeness (QED) is 0.773. The van der Waals surface area contributed by atoms with E-state index in [-0.39, 0.29) is 24.0 Å². The molecule has 0 heterocycles. The Bertz CT molecular complexity index is 415. The molecule has 16 heavy (non-hydrogen) atoms. The number of carbonyl (C=O) groups excluding carboxylic acids is 1. The summed E-state index contributed by atoms with van der Waals surface area (Å²) >= 11 is 0. The number of benzene rings is 1. The van der Waals surface area contributed by atoms with E-state index in [4.69, 9.17) is 5.26 Å². The number of nitrogens with zero attached hydrogens (tertiary/aromatic N) is 1. The number of nitriles is 1. The number of rotatable bonds is 4. The molecule has 1 aromatic rings. The molecule has 1 atom stereocenters. The molecule has 0 aliphatic rings. The standard InChI is InChI=1S/C14H17NO/c1-10(2)14(13(16)7-8-15)12-6-4-5-11(3)9-12/h4-6,9-10,14H,7H2,1-3H3. The minimum Gasteiger partial charge on any atom is -0.298 e. The molecule has 0 saturated heterocycles. The van der Waals surface area contributed by atoms with E-state index in [1.54, 1.807) is 0 Å². The lowest BCUT2D eigenvalue weighted by Crippen LogP contribution is -2.17. The van der Waals surface area contributed by atoms with Crippen molar-refractivity contribution in [2.45, 2.75) is 33.1 Å². The maximum Gasteiger partial charge on any atom is 0.154 e. The first-order valence-electron chi connectivity index (χ1n) is 5.52. The lowest BCUT2D eigenvalue weighted by molar-refractivity contribution is -0.120. The van der Waals surface area contributed by atoms with Crippen LogP contribution in [0.4, 0.5) is 0 Å². The predicted octanol–water partition coefficient (Wildman–Crippen LogP) is 3.22. The average Bonchev–Trinajstić information content (AvgIpc) is 2.17. The van der Waals surface area contributed by atoms with E-state index in [1.807, 2.05) is 51.1 Å². The van der Waals surface area contributed by atoms with Gasteiger partial charge in [0.05, 0.1) is 12.5 Å². The number of aryl methyl sites for hydroxylation is 1. The molecule has 2 nitrogen and oxygen atoms in total. The highest BCUT2D eigenvalue weighted by atomic mass is 16.1. The molecule has 0 radical (unpaired) electrons. The normalized spacial score (nSPS) is 12.2. The van der Waals surface area contributed by atoms with Crippen molar-refractivity contribution in [2.75, 3.05) is 0 Å². The van der Waals surface area contributed by atoms with E-state index < -0.39 is 0 Å². The van der Waals surface area contributed by atoms with Gasteiger partial charge < -0.3 is 0 Å². The Morgan fingerprint density at radius 3 is 2.62 bits per heavy atom. The van der Waals surface area contributed by atoms with Crippen LogP contribution in [0.25, 0.3) is 0 Å². The molecule has 0 bridgehead atoms. The van der Waals surface area contributed by atoms with Crippen LogP contribution in [0.3, 0.4) is 0 Å². The van der Waals surface area contributed by atoms with Gasteiger partial charge in [0.15, 0.2) is 5.78 Å². The van der Waals surface area contributed by atoms with E-state index in [0.717, 1.165) is 11.1 Å². The van der Waals surface area contributed by atoms with Crippen molar-refractivity contribution in [1.29, 1.82) is 5.26 Å². The minimum absolute atomic E-state index is 0.00319. The van der Waals surface area contributed by atoms with Crippen LogP contribution in [0, 0.1) is 24.2 Å². The second-order valence-corrected chi connectivity index (χ2v) is 4.44. The topological polar surface area (TPSA) is 40.9 Å². The molecule has 1 rings (SSSR count). The summed E-state index contributed by atoms with van der Waals surface area (Å²) in [5, 5.41) is 8.60. The van der Waals surface area contributed by atoms with Gasteiger partial charge in [-0.15, -0.1) is 0 Å². The molecule has 0 spiro atoms. The molecule has 0 fully saturated rings. The predicted molar refractivity (Wildman–Crippen MR) is 64.0 cm³/mol. The zero-order valence-electron chi connectivity index (χ0n) is 10.0. The Labute approximate surface area is 96.9 Å². The Kier molecular flexibility index (Phi) is 4.25. The Balaban J connectivity index is 3.04. The zero-order valence-corrected chi connectivity index (χ0v) is 10.0. The summed E-state index contributed by atoms with van der Waals surface area (Å²) in [6.45, 7) is 6.04. The van der Waals surface area contributed by atoms with Crippen molar-refractivity contribution in [3.8, 4) is 6.07 Å².